The van der Waals surface area contributed by atoms with E-state index in [0.717, 1.165) is 32.7 Å². The maximum Gasteiger partial charge on any atom is 0.573 e. The molecule has 24 heavy (non-hydrogen) atoms. The number of guanidine groups is 1. The van der Waals surface area contributed by atoms with Crippen LogP contribution < -0.4 is 15.8 Å². The zero-order valence-corrected chi connectivity index (χ0v) is 13.1. The summed E-state index contributed by atoms with van der Waals surface area (Å²) in [6.45, 7) is 5.95. The van der Waals surface area contributed by atoms with E-state index in [9.17, 15) is 13.2 Å². The number of benzene rings is 1. The fourth-order valence-corrected chi connectivity index (χ4v) is 3.03. The average molecular weight is 343 g/mol. The molecule has 1 aromatic carbocycles. The average Bonchev–Trinajstić information content (AvgIpc) is 2.55. The van der Waals surface area contributed by atoms with Gasteiger partial charge in [0.1, 0.15) is 5.75 Å². The van der Waals surface area contributed by atoms with Crippen molar-refractivity contribution in [3.8, 4) is 5.75 Å². The van der Waals surface area contributed by atoms with Gasteiger partial charge in [0.2, 0.25) is 0 Å². The minimum atomic E-state index is -4.69. The van der Waals surface area contributed by atoms with E-state index in [2.05, 4.69) is 24.8 Å². The van der Waals surface area contributed by atoms with Crippen molar-refractivity contribution in [2.45, 2.75) is 12.4 Å². The molecule has 9 heteroatoms. The Balaban J connectivity index is 1.51. The van der Waals surface area contributed by atoms with Crippen LogP contribution in [-0.4, -0.2) is 67.4 Å². The topological polar surface area (TPSA) is 66.1 Å². The molecule has 3 N–H and O–H groups in total. The van der Waals surface area contributed by atoms with Crippen molar-refractivity contribution in [2.24, 2.45) is 10.7 Å². The quantitative estimate of drug-likeness (QED) is 0.637. The summed E-state index contributed by atoms with van der Waals surface area (Å²) in [4.78, 5) is 9.18. The van der Waals surface area contributed by atoms with E-state index in [1.54, 1.807) is 0 Å². The Kier molecular flexibility index (Phi) is 4.81. The van der Waals surface area contributed by atoms with E-state index in [1.807, 2.05) is 0 Å². The summed E-state index contributed by atoms with van der Waals surface area (Å²) >= 11 is 0. The van der Waals surface area contributed by atoms with E-state index in [0.29, 0.717) is 18.3 Å². The smallest absolute Gasteiger partial charge is 0.406 e. The molecule has 0 saturated carbocycles. The largest absolute Gasteiger partial charge is 0.573 e. The Morgan fingerprint density at radius 3 is 2.42 bits per heavy atom. The molecule has 3 aliphatic rings. The number of anilines is 1. The molecule has 2 bridgehead atoms. The highest BCUT2D eigenvalue weighted by molar-refractivity contribution is 5.92. The van der Waals surface area contributed by atoms with Gasteiger partial charge in [-0.3, -0.25) is 14.8 Å². The number of ether oxygens (including phenoxy) is 1. The van der Waals surface area contributed by atoms with Crippen molar-refractivity contribution in [1.29, 1.82) is 0 Å². The van der Waals surface area contributed by atoms with Crippen molar-refractivity contribution in [2.75, 3.05) is 44.6 Å². The van der Waals surface area contributed by atoms with Crippen LogP contribution in [0.2, 0.25) is 0 Å². The van der Waals surface area contributed by atoms with Gasteiger partial charge in [-0.1, -0.05) is 0 Å². The Hall–Kier alpha value is -2.00. The van der Waals surface area contributed by atoms with Gasteiger partial charge in [0.05, 0.1) is 6.54 Å². The molecule has 1 unspecified atom stereocenters. The van der Waals surface area contributed by atoms with Gasteiger partial charge >= 0.3 is 6.36 Å². The highest BCUT2D eigenvalue weighted by Gasteiger charge is 2.32. The van der Waals surface area contributed by atoms with Crippen LogP contribution in [0.4, 0.5) is 18.9 Å². The molecule has 0 spiro atoms. The van der Waals surface area contributed by atoms with E-state index in [1.165, 1.54) is 24.3 Å². The number of piperazine rings is 3. The number of nitrogens with zero attached hydrogens (tertiary/aromatic N) is 3. The molecule has 3 aliphatic heterocycles. The van der Waals surface area contributed by atoms with Crippen LogP contribution >= 0.6 is 0 Å². The minimum Gasteiger partial charge on any atom is -0.406 e. The van der Waals surface area contributed by atoms with Crippen molar-refractivity contribution in [1.82, 2.24) is 9.80 Å². The molecule has 0 aromatic heterocycles. The van der Waals surface area contributed by atoms with Gasteiger partial charge in [-0.25, -0.2) is 0 Å². The van der Waals surface area contributed by atoms with E-state index in [4.69, 9.17) is 5.73 Å². The number of halogens is 3. The lowest BCUT2D eigenvalue weighted by Gasteiger charge is -2.47. The van der Waals surface area contributed by atoms with E-state index >= 15 is 0 Å². The predicted molar refractivity (Wildman–Crippen MR) is 85.0 cm³/mol. The third-order valence-corrected chi connectivity index (χ3v) is 4.22. The molecule has 6 nitrogen and oxygen atoms in total. The summed E-state index contributed by atoms with van der Waals surface area (Å²) in [5.74, 6) is -0.0271. The third kappa shape index (κ3) is 4.51. The number of rotatable bonds is 4. The molecule has 3 saturated heterocycles. The number of hydrogen-bond donors (Lipinski definition) is 2. The Morgan fingerprint density at radius 2 is 1.88 bits per heavy atom. The fourth-order valence-electron chi connectivity index (χ4n) is 3.03. The summed E-state index contributed by atoms with van der Waals surface area (Å²) in [5.41, 5.74) is 6.41. The number of nitrogens with one attached hydrogen (secondary N) is 1. The third-order valence-electron chi connectivity index (χ3n) is 4.22. The lowest BCUT2D eigenvalue weighted by molar-refractivity contribution is -0.274. The fraction of sp³-hybridized carbons (Fsp3) is 0.533. The molecule has 0 amide bonds. The van der Waals surface area contributed by atoms with E-state index in [-0.39, 0.29) is 11.7 Å². The normalized spacial score (nSPS) is 27.1. The molecule has 3 fully saturated rings. The summed E-state index contributed by atoms with van der Waals surface area (Å²) in [7, 11) is 0. The molecular weight excluding hydrogens is 323 g/mol. The maximum atomic E-state index is 12.1. The number of alkyl halides is 3. The Labute approximate surface area is 138 Å². The second-order valence-electron chi connectivity index (χ2n) is 5.91. The van der Waals surface area contributed by atoms with Crippen LogP contribution in [0.15, 0.2) is 29.3 Å². The number of nitrogens with two attached hydrogens (primary N) is 1. The van der Waals surface area contributed by atoms with Gasteiger partial charge in [0, 0.05) is 44.5 Å². The lowest BCUT2D eigenvalue weighted by Crippen LogP contribution is -2.61. The first-order valence-corrected chi connectivity index (χ1v) is 7.78. The standard InChI is InChI=1S/C15H20F3N5O/c16-15(17,18)24-13-3-1-11(2-4-13)21-14(19)20-9-12-10-22-5-7-23(12)8-6-22/h1-4,12H,5-10H2,(H3,19,20,21). The molecule has 0 aliphatic carbocycles. The molecule has 0 radical (unpaired) electrons. The first-order valence-electron chi connectivity index (χ1n) is 7.78. The van der Waals surface area contributed by atoms with Crippen molar-refractivity contribution in [3.05, 3.63) is 24.3 Å². The first kappa shape index (κ1) is 16.8. The van der Waals surface area contributed by atoms with Crippen LogP contribution in [0.1, 0.15) is 0 Å². The summed E-state index contributed by atoms with van der Waals surface area (Å²) in [6, 6.07) is 5.74. The van der Waals surface area contributed by atoms with Crippen molar-refractivity contribution in [3.63, 3.8) is 0 Å². The van der Waals surface area contributed by atoms with Gasteiger partial charge in [-0.05, 0) is 24.3 Å². The highest BCUT2D eigenvalue weighted by atomic mass is 19.4. The summed E-state index contributed by atoms with van der Waals surface area (Å²) in [6.07, 6.45) is -4.69. The van der Waals surface area contributed by atoms with Gasteiger partial charge in [-0.2, -0.15) is 0 Å². The second kappa shape index (κ2) is 6.86. The van der Waals surface area contributed by atoms with E-state index < -0.39 is 6.36 Å². The minimum absolute atomic E-state index is 0.247. The molecular formula is C15H20F3N5O. The Morgan fingerprint density at radius 1 is 1.21 bits per heavy atom. The maximum absolute atomic E-state index is 12.1. The zero-order valence-electron chi connectivity index (χ0n) is 13.1. The second-order valence-corrected chi connectivity index (χ2v) is 5.91. The van der Waals surface area contributed by atoms with Gasteiger partial charge in [0.15, 0.2) is 5.96 Å². The summed E-state index contributed by atoms with van der Waals surface area (Å²) in [5, 5.41) is 2.87. The van der Waals surface area contributed by atoms with Crippen LogP contribution in [-0.2, 0) is 0 Å². The van der Waals surface area contributed by atoms with Gasteiger partial charge < -0.3 is 15.8 Å². The van der Waals surface area contributed by atoms with Crippen molar-refractivity contribution >= 4 is 11.6 Å². The van der Waals surface area contributed by atoms with Crippen LogP contribution in [0.5, 0.6) is 5.75 Å². The van der Waals surface area contributed by atoms with Crippen LogP contribution in [0.3, 0.4) is 0 Å². The SMILES string of the molecule is NC(=NCC1CN2CCN1CC2)Nc1ccc(OC(F)(F)F)cc1. The zero-order chi connectivity index (χ0) is 17.2. The number of fused-ring (bicyclic) bond motifs is 3. The monoisotopic (exact) mass is 343 g/mol. The Bertz CT molecular complexity index is 582. The molecule has 4 rings (SSSR count). The molecule has 1 atom stereocenters. The molecule has 1 aromatic rings. The predicted octanol–water partition coefficient (Wildman–Crippen LogP) is 1.31. The number of aliphatic imine (C=N–C) groups is 1. The van der Waals surface area contributed by atoms with Gasteiger partial charge in [-0.15, -0.1) is 13.2 Å². The van der Waals surface area contributed by atoms with Gasteiger partial charge in [0.25, 0.3) is 0 Å². The summed E-state index contributed by atoms with van der Waals surface area (Å²) < 4.78 is 40.1. The lowest BCUT2D eigenvalue weighted by atomic mass is 10.1. The highest BCUT2D eigenvalue weighted by Crippen LogP contribution is 2.23. The molecule has 3 heterocycles. The molecule has 132 valence electrons. The number of hydrogen-bond acceptors (Lipinski definition) is 4. The van der Waals surface area contributed by atoms with Crippen molar-refractivity contribution < 1.29 is 17.9 Å². The van der Waals surface area contributed by atoms with Crippen LogP contribution in [0, 0.1) is 0 Å². The first-order chi connectivity index (χ1) is 11.4. The van der Waals surface area contributed by atoms with Crippen LogP contribution in [0.25, 0.3) is 0 Å².